The Kier molecular flexibility index (Phi) is 5.29. The molecule has 1 rings (SSSR count). The second-order valence-electron chi connectivity index (χ2n) is 5.63. The van der Waals surface area contributed by atoms with Gasteiger partial charge in [0.05, 0.1) is 0 Å². The molecule has 0 aliphatic rings. The van der Waals surface area contributed by atoms with Crippen molar-refractivity contribution in [3.05, 3.63) is 29.3 Å². The van der Waals surface area contributed by atoms with Gasteiger partial charge in [0.25, 0.3) is 0 Å². The monoisotopic (exact) mass is 255 g/mol. The highest BCUT2D eigenvalue weighted by atomic mass is 35.5. The van der Waals surface area contributed by atoms with E-state index in [1.807, 2.05) is 18.2 Å². The Morgan fingerprint density at radius 1 is 1.35 bits per heavy atom. The number of nitrogens with two attached hydrogens (primary N) is 1. The SMILES string of the molecule is CC(C)(C)CCC(N)COc1cccc(Cl)c1. The number of ether oxygens (including phenoxy) is 1. The highest BCUT2D eigenvalue weighted by Crippen LogP contribution is 2.22. The quantitative estimate of drug-likeness (QED) is 0.867. The van der Waals surface area contributed by atoms with Crippen molar-refractivity contribution in [2.24, 2.45) is 11.1 Å². The van der Waals surface area contributed by atoms with Crippen molar-refractivity contribution in [1.29, 1.82) is 0 Å². The lowest BCUT2D eigenvalue weighted by Crippen LogP contribution is -2.29. The molecule has 3 heteroatoms. The standard InChI is InChI=1S/C14H22ClNO/c1-14(2,3)8-7-12(16)10-17-13-6-4-5-11(15)9-13/h4-6,9,12H,7-8,10,16H2,1-3H3. The maximum Gasteiger partial charge on any atom is 0.120 e. The fraction of sp³-hybridized carbons (Fsp3) is 0.571. The third kappa shape index (κ3) is 6.54. The van der Waals surface area contributed by atoms with Crippen LogP contribution in [0.2, 0.25) is 5.02 Å². The van der Waals surface area contributed by atoms with Gasteiger partial charge >= 0.3 is 0 Å². The fourth-order valence-electron chi connectivity index (χ4n) is 1.46. The van der Waals surface area contributed by atoms with Gasteiger partial charge in [0.2, 0.25) is 0 Å². The van der Waals surface area contributed by atoms with Gasteiger partial charge in [-0.05, 0) is 36.5 Å². The molecule has 2 N–H and O–H groups in total. The second kappa shape index (κ2) is 6.27. The Morgan fingerprint density at radius 3 is 2.65 bits per heavy atom. The molecule has 17 heavy (non-hydrogen) atoms. The molecule has 0 saturated carbocycles. The first-order valence-corrected chi connectivity index (χ1v) is 6.38. The number of halogens is 1. The zero-order valence-corrected chi connectivity index (χ0v) is 11.6. The maximum atomic E-state index is 6.01. The molecule has 0 spiro atoms. The summed E-state index contributed by atoms with van der Waals surface area (Å²) in [4.78, 5) is 0. The van der Waals surface area contributed by atoms with Crippen molar-refractivity contribution < 1.29 is 4.74 Å². The summed E-state index contributed by atoms with van der Waals surface area (Å²) >= 11 is 5.87. The molecule has 2 nitrogen and oxygen atoms in total. The largest absolute Gasteiger partial charge is 0.492 e. The van der Waals surface area contributed by atoms with E-state index in [1.54, 1.807) is 6.07 Å². The lowest BCUT2D eigenvalue weighted by Gasteiger charge is -2.21. The average molecular weight is 256 g/mol. The summed E-state index contributed by atoms with van der Waals surface area (Å²) in [5, 5.41) is 0.686. The third-order valence-electron chi connectivity index (χ3n) is 2.53. The second-order valence-corrected chi connectivity index (χ2v) is 6.06. The van der Waals surface area contributed by atoms with Gasteiger partial charge in [-0.15, -0.1) is 0 Å². The number of hydrogen-bond donors (Lipinski definition) is 1. The Bertz CT molecular complexity index is 346. The summed E-state index contributed by atoms with van der Waals surface area (Å²) in [6, 6.07) is 7.47. The first kappa shape index (κ1) is 14.3. The highest BCUT2D eigenvalue weighted by molar-refractivity contribution is 6.30. The van der Waals surface area contributed by atoms with Gasteiger partial charge in [0, 0.05) is 11.1 Å². The third-order valence-corrected chi connectivity index (χ3v) is 2.76. The van der Waals surface area contributed by atoms with Gasteiger partial charge in [-0.25, -0.2) is 0 Å². The van der Waals surface area contributed by atoms with Gasteiger partial charge in [0.1, 0.15) is 12.4 Å². The smallest absolute Gasteiger partial charge is 0.120 e. The van der Waals surface area contributed by atoms with Crippen LogP contribution in [0.25, 0.3) is 0 Å². The predicted molar refractivity (Wildman–Crippen MR) is 73.6 cm³/mol. The molecule has 0 radical (unpaired) electrons. The van der Waals surface area contributed by atoms with Crippen LogP contribution in [0.3, 0.4) is 0 Å². The van der Waals surface area contributed by atoms with Crippen molar-refractivity contribution in [2.75, 3.05) is 6.61 Å². The lowest BCUT2D eigenvalue weighted by atomic mass is 9.89. The summed E-state index contributed by atoms with van der Waals surface area (Å²) in [5.74, 6) is 0.781. The molecule has 0 aliphatic heterocycles. The summed E-state index contributed by atoms with van der Waals surface area (Å²) in [5.41, 5.74) is 6.34. The summed E-state index contributed by atoms with van der Waals surface area (Å²) in [7, 11) is 0. The van der Waals surface area contributed by atoms with Crippen LogP contribution < -0.4 is 10.5 Å². The van der Waals surface area contributed by atoms with Gasteiger partial charge < -0.3 is 10.5 Å². The normalized spacial score (nSPS) is 13.5. The molecule has 0 fully saturated rings. The van der Waals surface area contributed by atoms with E-state index in [0.29, 0.717) is 17.0 Å². The van der Waals surface area contributed by atoms with E-state index in [1.165, 1.54) is 0 Å². The molecular formula is C14H22ClNO. The molecule has 0 heterocycles. The van der Waals surface area contributed by atoms with Crippen LogP contribution in [0, 0.1) is 5.41 Å². The molecule has 0 bridgehead atoms. The first-order chi connectivity index (χ1) is 7.87. The van der Waals surface area contributed by atoms with E-state index in [9.17, 15) is 0 Å². The van der Waals surface area contributed by atoms with Crippen LogP contribution in [0.1, 0.15) is 33.6 Å². The Labute approximate surface area is 109 Å². The minimum atomic E-state index is 0.0770. The summed E-state index contributed by atoms with van der Waals surface area (Å²) < 4.78 is 5.60. The Balaban J connectivity index is 2.31. The first-order valence-electron chi connectivity index (χ1n) is 6.01. The Hall–Kier alpha value is -0.730. The zero-order valence-electron chi connectivity index (χ0n) is 10.9. The van der Waals surface area contributed by atoms with Crippen molar-refractivity contribution >= 4 is 11.6 Å². The van der Waals surface area contributed by atoms with Gasteiger partial charge in [-0.1, -0.05) is 38.4 Å². The molecule has 96 valence electrons. The van der Waals surface area contributed by atoms with Crippen molar-refractivity contribution in [1.82, 2.24) is 0 Å². The van der Waals surface area contributed by atoms with Crippen molar-refractivity contribution in [3.8, 4) is 5.75 Å². The molecular weight excluding hydrogens is 234 g/mol. The molecule has 0 saturated heterocycles. The van der Waals surface area contributed by atoms with Gasteiger partial charge in [-0.3, -0.25) is 0 Å². The van der Waals surface area contributed by atoms with E-state index in [4.69, 9.17) is 22.1 Å². The van der Waals surface area contributed by atoms with Crippen LogP contribution in [0.15, 0.2) is 24.3 Å². The van der Waals surface area contributed by atoms with Crippen molar-refractivity contribution in [3.63, 3.8) is 0 Å². The topological polar surface area (TPSA) is 35.2 Å². The predicted octanol–water partition coefficient (Wildman–Crippen LogP) is 3.87. The minimum Gasteiger partial charge on any atom is -0.492 e. The van der Waals surface area contributed by atoms with Crippen LogP contribution in [-0.2, 0) is 0 Å². The van der Waals surface area contributed by atoms with Gasteiger partial charge in [-0.2, -0.15) is 0 Å². The maximum absolute atomic E-state index is 6.01. The zero-order chi connectivity index (χ0) is 12.9. The molecule has 1 unspecified atom stereocenters. The molecule has 0 aromatic heterocycles. The number of hydrogen-bond acceptors (Lipinski definition) is 2. The van der Waals surface area contributed by atoms with Crippen LogP contribution in [-0.4, -0.2) is 12.6 Å². The minimum absolute atomic E-state index is 0.0770. The Morgan fingerprint density at radius 2 is 2.06 bits per heavy atom. The summed E-state index contributed by atoms with van der Waals surface area (Å²) in [6.45, 7) is 7.20. The number of benzene rings is 1. The highest BCUT2D eigenvalue weighted by Gasteiger charge is 2.13. The van der Waals surface area contributed by atoms with Crippen molar-refractivity contribution in [2.45, 2.75) is 39.7 Å². The van der Waals surface area contributed by atoms with E-state index in [2.05, 4.69) is 20.8 Å². The van der Waals surface area contributed by atoms with Crippen LogP contribution in [0.4, 0.5) is 0 Å². The van der Waals surface area contributed by atoms with E-state index in [-0.39, 0.29) is 6.04 Å². The van der Waals surface area contributed by atoms with Crippen LogP contribution >= 0.6 is 11.6 Å². The lowest BCUT2D eigenvalue weighted by molar-refractivity contribution is 0.260. The molecule has 1 atom stereocenters. The van der Waals surface area contributed by atoms with Crippen LogP contribution in [0.5, 0.6) is 5.75 Å². The van der Waals surface area contributed by atoms with E-state index < -0.39 is 0 Å². The average Bonchev–Trinajstić information content (AvgIpc) is 2.23. The van der Waals surface area contributed by atoms with E-state index in [0.717, 1.165) is 18.6 Å². The molecule has 1 aromatic carbocycles. The number of rotatable bonds is 5. The molecule has 0 aliphatic carbocycles. The molecule has 1 aromatic rings. The van der Waals surface area contributed by atoms with E-state index >= 15 is 0 Å². The summed E-state index contributed by atoms with van der Waals surface area (Å²) in [6.07, 6.45) is 2.08. The van der Waals surface area contributed by atoms with Gasteiger partial charge in [0.15, 0.2) is 0 Å². The molecule has 0 amide bonds. The fourth-order valence-corrected chi connectivity index (χ4v) is 1.64.